The Morgan fingerprint density at radius 1 is 0.477 bits per heavy atom. The molecule has 0 heterocycles. The van der Waals surface area contributed by atoms with Gasteiger partial charge in [0.1, 0.15) is 0 Å². The van der Waals surface area contributed by atoms with E-state index >= 15 is 0 Å². The zero-order chi connectivity index (χ0) is 30.8. The van der Waals surface area contributed by atoms with Crippen LogP contribution in [0.15, 0.2) is 147 Å². The zero-order valence-corrected chi connectivity index (χ0v) is 29.6. The molecule has 5 heteroatoms. The molecule has 0 unspecified atom stereocenters. The van der Waals surface area contributed by atoms with Crippen LogP contribution in [0.25, 0.3) is 0 Å². The molecule has 0 atom stereocenters. The van der Waals surface area contributed by atoms with Gasteiger partial charge in [-0.2, -0.15) is 12.8 Å². The van der Waals surface area contributed by atoms with Crippen LogP contribution >= 0.6 is 15.8 Å². The van der Waals surface area contributed by atoms with E-state index in [1.807, 2.05) is 0 Å². The summed E-state index contributed by atoms with van der Waals surface area (Å²) in [5.41, 5.74) is 0. The first-order valence-electron chi connectivity index (χ1n) is 14.9. The normalized spacial score (nSPS) is 9.86. The smallest absolute Gasteiger partial charge is 0.542 e. The molecular weight excluding hydrogens is 757 g/mol. The second kappa shape index (κ2) is 26.6. The molecule has 0 spiro atoms. The Morgan fingerprint density at radius 2 is 0.750 bits per heavy atom. The Bertz CT molecular complexity index is 1070. The zero-order valence-electron chi connectivity index (χ0n) is 25.5. The maximum atomic E-state index is 9.52. The van der Waals surface area contributed by atoms with Crippen LogP contribution in [0.1, 0.15) is 44.9 Å². The van der Waals surface area contributed by atoms with Crippen molar-refractivity contribution in [1.82, 2.24) is 0 Å². The number of benzene rings is 4. The van der Waals surface area contributed by atoms with Crippen LogP contribution < -0.4 is 21.2 Å². The van der Waals surface area contributed by atoms with E-state index in [1.165, 1.54) is 40.0 Å². The van der Waals surface area contributed by atoms with E-state index in [2.05, 4.69) is 134 Å². The third-order valence-corrected chi connectivity index (χ3v) is 11.6. The van der Waals surface area contributed by atoms with Crippen molar-refractivity contribution in [3.63, 3.8) is 0 Å². The maximum absolute atomic E-state index is 9.52. The Hall–Kier alpha value is -2.75. The van der Waals surface area contributed by atoms with Gasteiger partial charge in [-0.15, -0.1) is 13.2 Å². The first-order valence-corrected chi connectivity index (χ1v) is 18.0. The third kappa shape index (κ3) is 16.4. The van der Waals surface area contributed by atoms with Crippen molar-refractivity contribution in [3.05, 3.63) is 147 Å². The first kappa shape index (κ1) is 39.3. The average Bonchev–Trinajstić information content (AvgIpc) is 3.08. The van der Waals surface area contributed by atoms with Crippen molar-refractivity contribution in [2.75, 3.05) is 12.3 Å². The molecule has 0 aliphatic heterocycles. The molecule has 0 aliphatic carbocycles. The molecule has 0 fully saturated rings. The van der Waals surface area contributed by atoms with Gasteiger partial charge >= 0.3 is 21.1 Å². The van der Waals surface area contributed by atoms with E-state index < -0.39 is 0 Å². The van der Waals surface area contributed by atoms with Gasteiger partial charge in [-0.1, -0.05) is 146 Å². The van der Waals surface area contributed by atoms with Gasteiger partial charge in [-0.3, -0.25) is 12.6 Å². The van der Waals surface area contributed by atoms with Gasteiger partial charge < -0.3 is 9.59 Å². The SMILES string of the molecule is C=CCCC[C-]=O.C=CCCC[C-]=O.[Pt+2].c1ccc(P(CCCP(c2ccccc2)c2ccccc2)c2ccccc2)cc1. The molecule has 44 heavy (non-hydrogen) atoms. The predicted octanol–water partition coefficient (Wildman–Crippen LogP) is 8.54. The monoisotopic (exact) mass is 801 g/mol. The Morgan fingerprint density at radius 3 is 0.977 bits per heavy atom. The summed E-state index contributed by atoms with van der Waals surface area (Å²) in [7, 11) is -0.618. The van der Waals surface area contributed by atoms with Gasteiger partial charge in [0.25, 0.3) is 0 Å². The van der Waals surface area contributed by atoms with Gasteiger partial charge in [0, 0.05) is 0 Å². The molecule has 4 aromatic rings. The summed E-state index contributed by atoms with van der Waals surface area (Å²) in [6.45, 7) is 7.01. The number of carbonyl (C=O) groups excluding carboxylic acids is 2. The molecule has 4 aromatic carbocycles. The van der Waals surface area contributed by atoms with E-state index in [9.17, 15) is 9.59 Å². The standard InChI is InChI=1S/C27H26P2.2C6H9O.Pt/c1-5-14-24(15-6-1)28(25-16-7-2-8-17-25)22-13-23-29(26-18-9-3-10-19-26)27-20-11-4-12-21-27;2*1-2-3-4-5-6-7;/h1-12,14-21H,13,22-23H2;2*2H,1,3-5H2;/q;2*-1;+2. The fourth-order valence-electron chi connectivity index (χ4n) is 4.27. The van der Waals surface area contributed by atoms with Gasteiger partial charge in [0.05, 0.1) is 0 Å². The molecule has 0 saturated heterocycles. The molecule has 0 aliphatic rings. The average molecular weight is 802 g/mol. The molecule has 2 nitrogen and oxygen atoms in total. The Labute approximate surface area is 282 Å². The van der Waals surface area contributed by atoms with Crippen molar-refractivity contribution in [2.24, 2.45) is 0 Å². The minimum atomic E-state index is -0.309. The second-order valence-electron chi connectivity index (χ2n) is 9.65. The van der Waals surface area contributed by atoms with Crippen molar-refractivity contribution in [1.29, 1.82) is 0 Å². The summed E-state index contributed by atoms with van der Waals surface area (Å²) < 4.78 is 0. The summed E-state index contributed by atoms with van der Waals surface area (Å²) in [6, 6.07) is 44.3. The van der Waals surface area contributed by atoms with Crippen LogP contribution in [0.3, 0.4) is 0 Å². The summed E-state index contributed by atoms with van der Waals surface area (Å²) in [4.78, 5) is 19.0. The third-order valence-electron chi connectivity index (χ3n) is 6.41. The van der Waals surface area contributed by atoms with Crippen LogP contribution in [0, 0.1) is 0 Å². The molecule has 232 valence electrons. The van der Waals surface area contributed by atoms with Crippen molar-refractivity contribution in [2.45, 2.75) is 44.9 Å². The van der Waals surface area contributed by atoms with Crippen LogP contribution in [0.5, 0.6) is 0 Å². The summed E-state index contributed by atoms with van der Waals surface area (Å²) in [6.07, 6.45) is 15.7. The summed E-state index contributed by atoms with van der Waals surface area (Å²) in [5.74, 6) is 0. The van der Waals surface area contributed by atoms with E-state index in [0.29, 0.717) is 12.8 Å². The fourth-order valence-corrected chi connectivity index (χ4v) is 9.23. The van der Waals surface area contributed by atoms with Crippen LogP contribution in [0.2, 0.25) is 0 Å². The second-order valence-corrected chi connectivity index (χ2v) is 14.3. The van der Waals surface area contributed by atoms with Crippen molar-refractivity contribution < 1.29 is 30.7 Å². The van der Waals surface area contributed by atoms with Gasteiger partial charge in [0.15, 0.2) is 0 Å². The largest absolute Gasteiger partial charge is 2.00 e. The topological polar surface area (TPSA) is 34.1 Å². The van der Waals surface area contributed by atoms with E-state index in [1.54, 1.807) is 24.7 Å². The minimum Gasteiger partial charge on any atom is -0.542 e. The number of allylic oxidation sites excluding steroid dienone is 2. The van der Waals surface area contributed by atoms with Crippen LogP contribution in [-0.2, 0) is 30.7 Å². The molecule has 0 saturated carbocycles. The molecule has 0 amide bonds. The number of rotatable bonds is 16. The number of hydrogen-bond donors (Lipinski definition) is 0. The minimum absolute atomic E-state index is 0. The summed E-state index contributed by atoms with van der Waals surface area (Å²) >= 11 is 0. The van der Waals surface area contributed by atoms with Crippen molar-refractivity contribution >= 4 is 49.6 Å². The molecule has 0 bridgehead atoms. The quantitative estimate of drug-likeness (QED) is 0.0493. The van der Waals surface area contributed by atoms with E-state index in [-0.39, 0.29) is 36.9 Å². The molecule has 0 N–H and O–H groups in total. The molecule has 0 radical (unpaired) electrons. The molecular formula is C39H44O2P2Pt. The Balaban J connectivity index is 0.000000541. The fraction of sp³-hybridized carbons (Fsp3) is 0.231. The summed E-state index contributed by atoms with van der Waals surface area (Å²) in [5, 5.41) is 5.94. The Kier molecular flexibility index (Phi) is 23.8. The molecule has 0 aromatic heterocycles. The van der Waals surface area contributed by atoms with Gasteiger partial charge in [0.2, 0.25) is 0 Å². The van der Waals surface area contributed by atoms with Gasteiger partial charge in [-0.05, 0) is 68.6 Å². The maximum Gasteiger partial charge on any atom is 2.00 e. The van der Waals surface area contributed by atoms with Crippen molar-refractivity contribution in [3.8, 4) is 0 Å². The first-order chi connectivity index (χ1) is 21.2. The van der Waals surface area contributed by atoms with E-state index in [4.69, 9.17) is 0 Å². The van der Waals surface area contributed by atoms with Crippen LogP contribution in [0.4, 0.5) is 0 Å². The van der Waals surface area contributed by atoms with E-state index in [0.717, 1.165) is 25.7 Å². The number of hydrogen-bond acceptors (Lipinski definition) is 2. The number of unbranched alkanes of at least 4 members (excludes halogenated alkanes) is 4. The van der Waals surface area contributed by atoms with Crippen LogP contribution in [-0.4, -0.2) is 24.9 Å². The predicted molar refractivity (Wildman–Crippen MR) is 192 cm³/mol. The van der Waals surface area contributed by atoms with Gasteiger partial charge in [-0.25, -0.2) is 0 Å². The molecule has 4 rings (SSSR count).